The van der Waals surface area contributed by atoms with Crippen LogP contribution in [0.4, 0.5) is 17.1 Å². The molecule has 1 amide bonds. The van der Waals surface area contributed by atoms with Gasteiger partial charge >= 0.3 is 0 Å². The molecule has 0 bridgehead atoms. The maximum atomic E-state index is 11.3. The Labute approximate surface area is 107 Å². The van der Waals surface area contributed by atoms with Crippen LogP contribution in [0.15, 0.2) is 18.2 Å². The second kappa shape index (κ2) is 4.49. The first-order chi connectivity index (χ1) is 8.72. The van der Waals surface area contributed by atoms with Gasteiger partial charge in [0, 0.05) is 31.9 Å². The fourth-order valence-electron chi connectivity index (χ4n) is 2.42. The monoisotopic (exact) mass is 246 g/mol. The van der Waals surface area contributed by atoms with Crippen molar-refractivity contribution in [1.29, 1.82) is 0 Å². The molecule has 1 fully saturated rings. The summed E-state index contributed by atoms with van der Waals surface area (Å²) < 4.78 is 0. The molecule has 2 heterocycles. The van der Waals surface area contributed by atoms with Crippen LogP contribution < -0.4 is 15.5 Å². The van der Waals surface area contributed by atoms with Crippen molar-refractivity contribution < 1.29 is 4.79 Å². The summed E-state index contributed by atoms with van der Waals surface area (Å²) in [6.07, 6.45) is 0. The third-order valence-corrected chi connectivity index (χ3v) is 3.59. The van der Waals surface area contributed by atoms with E-state index in [0.717, 1.165) is 37.6 Å². The number of hydrogen-bond donors (Lipinski definition) is 2. The molecule has 2 aliphatic heterocycles. The van der Waals surface area contributed by atoms with Crippen LogP contribution in [0.25, 0.3) is 0 Å². The van der Waals surface area contributed by atoms with E-state index < -0.39 is 0 Å². The predicted octanol–water partition coefficient (Wildman–Crippen LogP) is 0.802. The predicted molar refractivity (Wildman–Crippen MR) is 73.3 cm³/mol. The van der Waals surface area contributed by atoms with E-state index in [4.69, 9.17) is 0 Å². The fraction of sp³-hybridized carbons (Fsp3) is 0.462. The first kappa shape index (κ1) is 11.3. The Morgan fingerprint density at radius 3 is 2.67 bits per heavy atom. The number of rotatable bonds is 1. The standard InChI is InChI=1S/C13H18N4O/c1-16-4-6-17(7-5-16)10-2-3-11-12(8-10)14-9-13(18)15-11/h2-3,8,14H,4-7,9H2,1H3,(H,15,18). The number of carbonyl (C=O) groups excluding carboxylic acids is 1. The minimum Gasteiger partial charge on any atom is -0.374 e. The molecular formula is C13H18N4O. The summed E-state index contributed by atoms with van der Waals surface area (Å²) in [5.74, 6) is 0.0230. The van der Waals surface area contributed by atoms with Gasteiger partial charge in [-0.25, -0.2) is 0 Å². The molecule has 0 spiro atoms. The van der Waals surface area contributed by atoms with Crippen LogP contribution in [0, 0.1) is 0 Å². The number of piperazine rings is 1. The van der Waals surface area contributed by atoms with E-state index >= 15 is 0 Å². The maximum absolute atomic E-state index is 11.3. The highest BCUT2D eigenvalue weighted by Gasteiger charge is 2.18. The number of fused-ring (bicyclic) bond motifs is 1. The van der Waals surface area contributed by atoms with Gasteiger partial charge in [0.15, 0.2) is 0 Å². The second-order valence-electron chi connectivity index (χ2n) is 4.92. The summed E-state index contributed by atoms with van der Waals surface area (Å²) in [6, 6.07) is 6.19. The van der Waals surface area contributed by atoms with Crippen LogP contribution in [0.3, 0.4) is 0 Å². The Bertz CT molecular complexity index is 466. The molecule has 1 aromatic rings. The summed E-state index contributed by atoms with van der Waals surface area (Å²) in [4.78, 5) is 16.0. The molecule has 1 aromatic carbocycles. The van der Waals surface area contributed by atoms with Crippen molar-refractivity contribution in [3.8, 4) is 0 Å². The molecule has 96 valence electrons. The van der Waals surface area contributed by atoms with Crippen molar-refractivity contribution in [1.82, 2.24) is 4.90 Å². The molecular weight excluding hydrogens is 228 g/mol. The lowest BCUT2D eigenvalue weighted by atomic mass is 10.1. The average Bonchev–Trinajstić information content (AvgIpc) is 2.39. The number of nitrogens with one attached hydrogen (secondary N) is 2. The van der Waals surface area contributed by atoms with Gasteiger partial charge in [0.05, 0.1) is 17.9 Å². The van der Waals surface area contributed by atoms with Crippen LogP contribution in [-0.4, -0.2) is 50.6 Å². The zero-order chi connectivity index (χ0) is 12.5. The summed E-state index contributed by atoms with van der Waals surface area (Å²) >= 11 is 0. The molecule has 1 saturated heterocycles. The van der Waals surface area contributed by atoms with Gasteiger partial charge in [-0.05, 0) is 25.2 Å². The molecule has 3 rings (SSSR count). The van der Waals surface area contributed by atoms with Crippen molar-refractivity contribution in [2.24, 2.45) is 0 Å². The second-order valence-corrected chi connectivity index (χ2v) is 4.92. The number of hydrogen-bond acceptors (Lipinski definition) is 4. The Kier molecular flexibility index (Phi) is 2.83. The largest absolute Gasteiger partial charge is 0.374 e. The fourth-order valence-corrected chi connectivity index (χ4v) is 2.42. The van der Waals surface area contributed by atoms with Gasteiger partial charge in [-0.3, -0.25) is 4.79 Å². The van der Waals surface area contributed by atoms with E-state index in [9.17, 15) is 4.79 Å². The third-order valence-electron chi connectivity index (χ3n) is 3.59. The van der Waals surface area contributed by atoms with Crippen LogP contribution in [0.5, 0.6) is 0 Å². The number of amides is 1. The minimum absolute atomic E-state index is 0.0230. The summed E-state index contributed by atoms with van der Waals surface area (Å²) in [6.45, 7) is 4.67. The Hall–Kier alpha value is -1.75. The van der Waals surface area contributed by atoms with Gasteiger partial charge in [-0.1, -0.05) is 0 Å². The van der Waals surface area contributed by atoms with Gasteiger partial charge in [0.1, 0.15) is 0 Å². The minimum atomic E-state index is 0.0230. The maximum Gasteiger partial charge on any atom is 0.243 e. The SMILES string of the molecule is CN1CCN(c2ccc3c(c2)NCC(=O)N3)CC1. The van der Waals surface area contributed by atoms with Crippen LogP contribution in [-0.2, 0) is 4.79 Å². The quantitative estimate of drug-likeness (QED) is 0.769. The Morgan fingerprint density at radius 2 is 1.89 bits per heavy atom. The molecule has 0 aromatic heterocycles. The molecule has 2 N–H and O–H groups in total. The number of nitrogens with zero attached hydrogens (tertiary/aromatic N) is 2. The summed E-state index contributed by atoms with van der Waals surface area (Å²) in [5, 5.41) is 6.02. The number of carbonyl (C=O) groups is 1. The van der Waals surface area contributed by atoms with E-state index in [1.807, 2.05) is 6.07 Å². The average molecular weight is 246 g/mol. The lowest BCUT2D eigenvalue weighted by molar-refractivity contribution is -0.114. The van der Waals surface area contributed by atoms with Crippen molar-refractivity contribution in [3.63, 3.8) is 0 Å². The Balaban J connectivity index is 1.80. The molecule has 0 unspecified atom stereocenters. The highest BCUT2D eigenvalue weighted by Crippen LogP contribution is 2.30. The first-order valence-corrected chi connectivity index (χ1v) is 6.33. The molecule has 0 saturated carbocycles. The van der Waals surface area contributed by atoms with E-state index in [1.165, 1.54) is 5.69 Å². The summed E-state index contributed by atoms with van der Waals surface area (Å²) in [5.41, 5.74) is 3.13. The Morgan fingerprint density at radius 1 is 1.11 bits per heavy atom. The van der Waals surface area contributed by atoms with Crippen LogP contribution in [0.1, 0.15) is 0 Å². The van der Waals surface area contributed by atoms with Crippen LogP contribution >= 0.6 is 0 Å². The zero-order valence-electron chi connectivity index (χ0n) is 10.6. The summed E-state index contributed by atoms with van der Waals surface area (Å²) in [7, 11) is 2.15. The number of likely N-dealkylation sites (N-methyl/N-ethyl adjacent to an activating group) is 1. The normalized spacial score (nSPS) is 20.1. The molecule has 0 atom stereocenters. The van der Waals surface area contributed by atoms with Gasteiger partial charge < -0.3 is 20.4 Å². The molecule has 0 aliphatic carbocycles. The first-order valence-electron chi connectivity index (χ1n) is 6.33. The van der Waals surface area contributed by atoms with Crippen molar-refractivity contribution >= 4 is 23.0 Å². The lowest BCUT2D eigenvalue weighted by Gasteiger charge is -2.34. The van der Waals surface area contributed by atoms with Gasteiger partial charge in [-0.15, -0.1) is 0 Å². The number of benzene rings is 1. The van der Waals surface area contributed by atoms with Crippen LogP contribution in [0.2, 0.25) is 0 Å². The molecule has 2 aliphatic rings. The van der Waals surface area contributed by atoms with E-state index in [1.54, 1.807) is 0 Å². The van der Waals surface area contributed by atoms with E-state index in [2.05, 4.69) is 39.6 Å². The topological polar surface area (TPSA) is 47.6 Å². The molecule has 5 heteroatoms. The molecule has 18 heavy (non-hydrogen) atoms. The zero-order valence-corrected chi connectivity index (χ0v) is 10.6. The van der Waals surface area contributed by atoms with Gasteiger partial charge in [-0.2, -0.15) is 0 Å². The molecule has 0 radical (unpaired) electrons. The third kappa shape index (κ3) is 2.13. The van der Waals surface area contributed by atoms with E-state index in [-0.39, 0.29) is 5.91 Å². The highest BCUT2D eigenvalue weighted by molar-refractivity contribution is 6.01. The van der Waals surface area contributed by atoms with Crippen molar-refractivity contribution in [2.75, 3.05) is 55.3 Å². The highest BCUT2D eigenvalue weighted by atomic mass is 16.2. The van der Waals surface area contributed by atoms with Crippen molar-refractivity contribution in [3.05, 3.63) is 18.2 Å². The smallest absolute Gasteiger partial charge is 0.243 e. The van der Waals surface area contributed by atoms with Gasteiger partial charge in [0.25, 0.3) is 0 Å². The number of anilines is 3. The van der Waals surface area contributed by atoms with Gasteiger partial charge in [0.2, 0.25) is 5.91 Å². The van der Waals surface area contributed by atoms with Crippen molar-refractivity contribution in [2.45, 2.75) is 0 Å². The lowest BCUT2D eigenvalue weighted by Crippen LogP contribution is -2.44. The molecule has 5 nitrogen and oxygen atoms in total. The van der Waals surface area contributed by atoms with E-state index in [0.29, 0.717) is 6.54 Å².